The molecule has 1 fully saturated rings. The summed E-state index contributed by atoms with van der Waals surface area (Å²) in [4.78, 5) is 6.62. The lowest BCUT2D eigenvalue weighted by Crippen LogP contribution is -2.26. The molecule has 1 saturated carbocycles. The molecule has 0 unspecified atom stereocenters. The van der Waals surface area contributed by atoms with Crippen LogP contribution in [-0.4, -0.2) is 48.9 Å². The Morgan fingerprint density at radius 1 is 1.06 bits per heavy atom. The lowest BCUT2D eigenvalue weighted by molar-refractivity contribution is 0.182. The minimum absolute atomic E-state index is 0.215. The third-order valence-electron chi connectivity index (χ3n) is 6.23. The summed E-state index contributed by atoms with van der Waals surface area (Å²) in [5, 5.41) is -0.103. The smallest absolute Gasteiger partial charge is 0.228 e. The number of rotatable bonds is 10. The van der Waals surface area contributed by atoms with Crippen LogP contribution < -0.4 is 0 Å². The highest BCUT2D eigenvalue weighted by Crippen LogP contribution is 2.28. The van der Waals surface area contributed by atoms with Gasteiger partial charge in [0.05, 0.1) is 23.7 Å². The third-order valence-corrected chi connectivity index (χ3v) is 8.42. The number of sulfone groups is 1. The zero-order valence-electron chi connectivity index (χ0n) is 19.2. The molecule has 0 spiro atoms. The molecule has 0 N–H and O–H groups in total. The van der Waals surface area contributed by atoms with E-state index in [-0.39, 0.29) is 10.4 Å². The van der Waals surface area contributed by atoms with Crippen molar-refractivity contribution in [2.24, 2.45) is 0 Å². The minimum atomic E-state index is -3.45. The van der Waals surface area contributed by atoms with Gasteiger partial charge in [0.2, 0.25) is 15.0 Å². The van der Waals surface area contributed by atoms with E-state index < -0.39 is 9.84 Å². The minimum Gasteiger partial charge on any atom is -0.383 e. The van der Waals surface area contributed by atoms with Crippen molar-refractivity contribution >= 4 is 9.84 Å². The van der Waals surface area contributed by atoms with Gasteiger partial charge in [0.1, 0.15) is 0 Å². The van der Waals surface area contributed by atoms with Crippen molar-refractivity contribution in [1.82, 2.24) is 14.5 Å². The van der Waals surface area contributed by atoms with E-state index in [2.05, 4.69) is 48.1 Å². The van der Waals surface area contributed by atoms with Crippen LogP contribution in [0.1, 0.15) is 62.3 Å². The Labute approximate surface area is 187 Å². The topological polar surface area (TPSA) is 64.4 Å². The maximum atomic E-state index is 13.4. The number of nitrogens with zero attached hydrogens (tertiary/aromatic N) is 3. The molecule has 0 aliphatic heterocycles. The summed E-state index contributed by atoms with van der Waals surface area (Å²) in [6.07, 6.45) is 8.46. The zero-order valence-corrected chi connectivity index (χ0v) is 20.0. The average molecular weight is 448 g/mol. The predicted molar refractivity (Wildman–Crippen MR) is 124 cm³/mol. The standard InChI is InChI=1S/C24H37N3O3S/c1-4-20-11-13-21(14-12-20)18-26(2)19-22-17-25-24(27(22)15-16-30-3)31(28,29)23-9-7-5-6-8-10-23/h11-14,17,23H,4-10,15-16,18-19H2,1-3H3. The number of aromatic nitrogens is 2. The molecule has 6 nitrogen and oxygen atoms in total. The van der Waals surface area contributed by atoms with E-state index >= 15 is 0 Å². The molecule has 0 amide bonds. The van der Waals surface area contributed by atoms with Gasteiger partial charge in [0.25, 0.3) is 0 Å². The molecule has 31 heavy (non-hydrogen) atoms. The van der Waals surface area contributed by atoms with Crippen LogP contribution in [0.15, 0.2) is 35.6 Å². The van der Waals surface area contributed by atoms with Gasteiger partial charge in [-0.05, 0) is 37.4 Å². The number of ether oxygens (including phenoxy) is 1. The number of imidazole rings is 1. The van der Waals surface area contributed by atoms with Gasteiger partial charge in [0, 0.05) is 26.7 Å². The van der Waals surface area contributed by atoms with Crippen LogP contribution in [0.25, 0.3) is 0 Å². The molecular weight excluding hydrogens is 410 g/mol. The molecule has 1 aromatic heterocycles. The largest absolute Gasteiger partial charge is 0.383 e. The SMILES string of the molecule is CCc1ccc(CN(C)Cc2cnc(S(=O)(=O)C3CCCCCC3)n2CCOC)cc1. The molecule has 0 atom stereocenters. The highest BCUT2D eigenvalue weighted by Gasteiger charge is 2.32. The fourth-order valence-electron chi connectivity index (χ4n) is 4.39. The lowest BCUT2D eigenvalue weighted by atomic mass is 10.1. The summed E-state index contributed by atoms with van der Waals surface area (Å²) in [7, 11) is 0.247. The number of hydrogen-bond acceptors (Lipinski definition) is 5. The van der Waals surface area contributed by atoms with Crippen LogP contribution in [0.5, 0.6) is 0 Å². The van der Waals surface area contributed by atoms with Crippen molar-refractivity contribution in [2.45, 2.75) is 81.9 Å². The summed E-state index contributed by atoms with van der Waals surface area (Å²) in [6, 6.07) is 8.67. The number of hydrogen-bond donors (Lipinski definition) is 0. The van der Waals surface area contributed by atoms with Gasteiger partial charge in [-0.25, -0.2) is 13.4 Å². The van der Waals surface area contributed by atoms with Gasteiger partial charge in [-0.3, -0.25) is 4.90 Å². The quantitative estimate of drug-likeness (QED) is 0.510. The predicted octanol–water partition coefficient (Wildman–Crippen LogP) is 4.22. The molecule has 1 heterocycles. The Bertz CT molecular complexity index is 914. The van der Waals surface area contributed by atoms with Gasteiger partial charge in [0.15, 0.2) is 0 Å². The first kappa shape index (κ1) is 24.0. The highest BCUT2D eigenvalue weighted by molar-refractivity contribution is 7.91. The molecule has 1 aromatic carbocycles. The monoisotopic (exact) mass is 447 g/mol. The number of benzene rings is 1. The summed E-state index contributed by atoms with van der Waals surface area (Å²) in [5.74, 6) is 0. The van der Waals surface area contributed by atoms with E-state index in [0.717, 1.165) is 57.2 Å². The Kier molecular flexibility index (Phi) is 8.69. The van der Waals surface area contributed by atoms with Crippen molar-refractivity contribution in [2.75, 3.05) is 20.8 Å². The third kappa shape index (κ3) is 6.18. The second-order valence-electron chi connectivity index (χ2n) is 8.68. The maximum absolute atomic E-state index is 13.4. The van der Waals surface area contributed by atoms with Crippen LogP contribution in [0, 0.1) is 0 Å². The molecule has 0 saturated heterocycles. The van der Waals surface area contributed by atoms with Crippen LogP contribution in [-0.2, 0) is 40.6 Å². The van der Waals surface area contributed by atoms with E-state index in [9.17, 15) is 8.42 Å². The Balaban J connectivity index is 1.79. The molecular formula is C24H37N3O3S. The molecule has 1 aliphatic carbocycles. The van der Waals surface area contributed by atoms with Gasteiger partial charge >= 0.3 is 0 Å². The molecule has 0 bridgehead atoms. The van der Waals surface area contributed by atoms with E-state index in [0.29, 0.717) is 19.7 Å². The molecule has 3 rings (SSSR count). The highest BCUT2D eigenvalue weighted by atomic mass is 32.2. The van der Waals surface area contributed by atoms with Gasteiger partial charge in [-0.15, -0.1) is 0 Å². The first-order valence-corrected chi connectivity index (χ1v) is 13.0. The van der Waals surface area contributed by atoms with Crippen LogP contribution >= 0.6 is 0 Å². The first-order chi connectivity index (χ1) is 15.0. The van der Waals surface area contributed by atoms with Crippen molar-refractivity contribution in [1.29, 1.82) is 0 Å². The molecule has 172 valence electrons. The number of aryl methyl sites for hydroxylation is 1. The van der Waals surface area contributed by atoms with Crippen molar-refractivity contribution < 1.29 is 13.2 Å². The first-order valence-electron chi connectivity index (χ1n) is 11.5. The molecule has 2 aromatic rings. The van der Waals surface area contributed by atoms with E-state index in [1.54, 1.807) is 13.3 Å². The number of methoxy groups -OCH3 is 1. The zero-order chi connectivity index (χ0) is 22.3. The van der Waals surface area contributed by atoms with Crippen LogP contribution in [0.3, 0.4) is 0 Å². The van der Waals surface area contributed by atoms with Crippen LogP contribution in [0.2, 0.25) is 0 Å². The van der Waals surface area contributed by atoms with Gasteiger partial charge in [-0.1, -0.05) is 56.9 Å². The molecule has 0 radical (unpaired) electrons. The summed E-state index contributed by atoms with van der Waals surface area (Å²) >= 11 is 0. The summed E-state index contributed by atoms with van der Waals surface area (Å²) in [5.41, 5.74) is 3.49. The van der Waals surface area contributed by atoms with Crippen molar-refractivity contribution in [3.8, 4) is 0 Å². The summed E-state index contributed by atoms with van der Waals surface area (Å²) < 4.78 is 34.0. The van der Waals surface area contributed by atoms with E-state index in [1.165, 1.54) is 11.1 Å². The fraction of sp³-hybridized carbons (Fsp3) is 0.625. The Morgan fingerprint density at radius 2 is 1.71 bits per heavy atom. The average Bonchev–Trinajstić information content (AvgIpc) is 2.97. The lowest BCUT2D eigenvalue weighted by Gasteiger charge is -2.20. The Morgan fingerprint density at radius 3 is 2.32 bits per heavy atom. The fourth-order valence-corrected chi connectivity index (χ4v) is 6.36. The normalized spacial score (nSPS) is 16.0. The molecule has 1 aliphatic rings. The summed E-state index contributed by atoms with van der Waals surface area (Å²) in [6.45, 7) is 4.53. The van der Waals surface area contributed by atoms with Crippen molar-refractivity contribution in [3.63, 3.8) is 0 Å². The van der Waals surface area contributed by atoms with Crippen molar-refractivity contribution in [3.05, 3.63) is 47.3 Å². The Hall–Kier alpha value is -1.70. The van der Waals surface area contributed by atoms with Gasteiger partial charge < -0.3 is 9.30 Å². The van der Waals surface area contributed by atoms with Crippen LogP contribution in [0.4, 0.5) is 0 Å². The van der Waals surface area contributed by atoms with E-state index in [1.807, 2.05) is 4.57 Å². The molecule has 7 heteroatoms. The second-order valence-corrected chi connectivity index (χ2v) is 10.8. The second kappa shape index (κ2) is 11.2. The maximum Gasteiger partial charge on any atom is 0.228 e. The van der Waals surface area contributed by atoms with E-state index in [4.69, 9.17) is 4.74 Å². The van der Waals surface area contributed by atoms with Gasteiger partial charge in [-0.2, -0.15) is 0 Å².